The highest BCUT2D eigenvalue weighted by atomic mass is 19.4. The Kier molecular flexibility index (Phi) is 2.53. The number of rotatable bonds is 1. The van der Waals surface area contributed by atoms with Crippen molar-refractivity contribution < 1.29 is 27.1 Å². The third kappa shape index (κ3) is 2.22. The van der Waals surface area contributed by atoms with Crippen LogP contribution in [0.3, 0.4) is 0 Å². The summed E-state index contributed by atoms with van der Waals surface area (Å²) in [6, 6.07) is 1.82. The molecule has 0 saturated heterocycles. The summed E-state index contributed by atoms with van der Waals surface area (Å²) in [7, 11) is 0. The highest BCUT2D eigenvalue weighted by molar-refractivity contribution is 5.79. The van der Waals surface area contributed by atoms with E-state index < -0.39 is 23.6 Å². The Balaban J connectivity index is 2.63. The van der Waals surface area contributed by atoms with E-state index >= 15 is 0 Å². The molecule has 90 valence electrons. The molecule has 2 heterocycles. The number of furan rings is 1. The zero-order chi connectivity index (χ0) is 12.6. The lowest BCUT2D eigenvalue weighted by Gasteiger charge is -2.08. The number of hydrogen-bond donors (Lipinski definition) is 0. The average Bonchev–Trinajstić information content (AvgIpc) is 2.61. The van der Waals surface area contributed by atoms with E-state index in [4.69, 9.17) is 4.42 Å². The number of esters is 1. The van der Waals surface area contributed by atoms with Gasteiger partial charge in [0.1, 0.15) is 0 Å². The van der Waals surface area contributed by atoms with Crippen molar-refractivity contribution >= 4 is 17.1 Å². The van der Waals surface area contributed by atoms with Gasteiger partial charge in [-0.1, -0.05) is 0 Å². The van der Waals surface area contributed by atoms with Gasteiger partial charge in [-0.3, -0.25) is 4.79 Å². The Morgan fingerprint density at radius 2 is 2.18 bits per heavy atom. The maximum Gasteiger partial charge on any atom is 0.417 e. The van der Waals surface area contributed by atoms with Crippen molar-refractivity contribution in [3.8, 4) is 5.88 Å². The van der Waals surface area contributed by atoms with Crippen LogP contribution in [0, 0.1) is 0 Å². The molecular formula is C10H6F3NO3. The van der Waals surface area contributed by atoms with E-state index in [1.165, 1.54) is 0 Å². The molecule has 0 bridgehead atoms. The molecule has 0 aliphatic rings. The number of fused-ring (bicyclic) bond motifs is 1. The second-order valence-electron chi connectivity index (χ2n) is 3.24. The molecule has 2 aromatic rings. The summed E-state index contributed by atoms with van der Waals surface area (Å²) in [6.07, 6.45) is -3.48. The van der Waals surface area contributed by atoms with Gasteiger partial charge in [0.25, 0.3) is 0 Å². The van der Waals surface area contributed by atoms with Crippen molar-refractivity contribution in [2.75, 3.05) is 0 Å². The van der Waals surface area contributed by atoms with Gasteiger partial charge in [0.15, 0.2) is 0 Å². The molecule has 0 fully saturated rings. The van der Waals surface area contributed by atoms with Crippen LogP contribution in [-0.4, -0.2) is 11.0 Å². The smallest absolute Gasteiger partial charge is 0.417 e. The van der Waals surface area contributed by atoms with E-state index in [1.54, 1.807) is 0 Å². The van der Waals surface area contributed by atoms with Crippen LogP contribution in [0.15, 0.2) is 22.8 Å². The monoisotopic (exact) mass is 245 g/mol. The average molecular weight is 245 g/mol. The minimum Gasteiger partial charge on any atom is -0.446 e. The van der Waals surface area contributed by atoms with Crippen molar-refractivity contribution in [2.45, 2.75) is 13.1 Å². The Morgan fingerprint density at radius 1 is 1.47 bits per heavy atom. The third-order valence-corrected chi connectivity index (χ3v) is 1.97. The fourth-order valence-electron chi connectivity index (χ4n) is 1.36. The van der Waals surface area contributed by atoms with Crippen LogP contribution >= 0.6 is 0 Å². The zero-order valence-corrected chi connectivity index (χ0v) is 8.54. The fourth-order valence-corrected chi connectivity index (χ4v) is 1.36. The van der Waals surface area contributed by atoms with Crippen molar-refractivity contribution in [1.82, 2.24) is 4.98 Å². The number of nitrogens with zero attached hydrogens (tertiary/aromatic N) is 1. The minimum absolute atomic E-state index is 0.173. The van der Waals surface area contributed by atoms with Gasteiger partial charge in [0.05, 0.1) is 17.2 Å². The molecule has 0 radical (unpaired) electrons. The highest BCUT2D eigenvalue weighted by Gasteiger charge is 2.34. The SMILES string of the molecule is CC(=O)Oc1cc(C(F)(F)F)c2ccoc2n1. The molecule has 0 N–H and O–H groups in total. The van der Waals surface area contributed by atoms with Crippen molar-refractivity contribution in [2.24, 2.45) is 0 Å². The van der Waals surface area contributed by atoms with Crippen LogP contribution in [-0.2, 0) is 11.0 Å². The van der Waals surface area contributed by atoms with Crippen molar-refractivity contribution in [3.63, 3.8) is 0 Å². The van der Waals surface area contributed by atoms with Crippen LogP contribution in [0.2, 0.25) is 0 Å². The normalized spacial score (nSPS) is 11.8. The fraction of sp³-hybridized carbons (Fsp3) is 0.200. The van der Waals surface area contributed by atoms with Crippen LogP contribution < -0.4 is 4.74 Å². The van der Waals surface area contributed by atoms with E-state index in [0.29, 0.717) is 6.07 Å². The minimum atomic E-state index is -4.57. The molecule has 7 heteroatoms. The summed E-state index contributed by atoms with van der Waals surface area (Å²) in [5.74, 6) is -1.19. The second kappa shape index (κ2) is 3.76. The topological polar surface area (TPSA) is 52.3 Å². The van der Waals surface area contributed by atoms with E-state index in [9.17, 15) is 18.0 Å². The molecule has 0 amide bonds. The number of pyridine rings is 1. The Hall–Kier alpha value is -2.05. The largest absolute Gasteiger partial charge is 0.446 e. The molecule has 2 aromatic heterocycles. The van der Waals surface area contributed by atoms with Crippen molar-refractivity contribution in [3.05, 3.63) is 24.0 Å². The molecular weight excluding hydrogens is 239 g/mol. The highest BCUT2D eigenvalue weighted by Crippen LogP contribution is 2.36. The zero-order valence-electron chi connectivity index (χ0n) is 8.54. The summed E-state index contributed by atoms with van der Waals surface area (Å²) < 4.78 is 47.4. The summed E-state index contributed by atoms with van der Waals surface area (Å²) in [6.45, 7) is 1.07. The first-order valence-corrected chi connectivity index (χ1v) is 4.52. The number of halogens is 3. The van der Waals surface area contributed by atoms with E-state index in [0.717, 1.165) is 19.3 Å². The Morgan fingerprint density at radius 3 is 2.76 bits per heavy atom. The number of alkyl halides is 3. The molecule has 4 nitrogen and oxygen atoms in total. The predicted octanol–water partition coefficient (Wildman–Crippen LogP) is 2.77. The number of hydrogen-bond acceptors (Lipinski definition) is 4. The van der Waals surface area contributed by atoms with Gasteiger partial charge in [0, 0.05) is 13.0 Å². The van der Waals surface area contributed by atoms with Gasteiger partial charge >= 0.3 is 12.1 Å². The maximum absolute atomic E-state index is 12.7. The summed E-state index contributed by atoms with van der Waals surface area (Å²) in [5, 5.41) is -0.173. The number of carbonyl (C=O) groups excluding carboxylic acids is 1. The first-order chi connectivity index (χ1) is 7.88. The van der Waals surface area contributed by atoms with Gasteiger partial charge in [-0.15, -0.1) is 0 Å². The first kappa shape index (κ1) is 11.4. The molecule has 0 unspecified atom stereocenters. The molecule has 0 aromatic carbocycles. The molecule has 17 heavy (non-hydrogen) atoms. The van der Waals surface area contributed by atoms with Gasteiger partial charge in [-0.25, -0.2) is 0 Å². The third-order valence-electron chi connectivity index (χ3n) is 1.97. The molecule has 0 atom stereocenters. The number of aromatic nitrogens is 1. The molecule has 0 spiro atoms. The van der Waals surface area contributed by atoms with Gasteiger partial charge in [0.2, 0.25) is 11.6 Å². The Labute approximate surface area is 93.0 Å². The molecule has 0 aliphatic heterocycles. The standard InChI is InChI=1S/C10H6F3NO3/c1-5(15)17-8-4-7(10(11,12)13)6-2-3-16-9(6)14-8/h2-4H,1H3. The van der Waals surface area contributed by atoms with Crippen LogP contribution in [0.4, 0.5) is 13.2 Å². The van der Waals surface area contributed by atoms with Crippen LogP contribution in [0.5, 0.6) is 5.88 Å². The van der Waals surface area contributed by atoms with Crippen LogP contribution in [0.25, 0.3) is 11.1 Å². The van der Waals surface area contributed by atoms with E-state index in [-0.39, 0.29) is 11.1 Å². The lowest BCUT2D eigenvalue weighted by Crippen LogP contribution is -2.09. The summed E-state index contributed by atoms with van der Waals surface area (Å²) >= 11 is 0. The maximum atomic E-state index is 12.7. The van der Waals surface area contributed by atoms with Gasteiger partial charge < -0.3 is 9.15 Å². The lowest BCUT2D eigenvalue weighted by atomic mass is 10.2. The van der Waals surface area contributed by atoms with E-state index in [2.05, 4.69) is 9.72 Å². The quantitative estimate of drug-likeness (QED) is 0.725. The predicted molar refractivity (Wildman–Crippen MR) is 50.3 cm³/mol. The van der Waals surface area contributed by atoms with Gasteiger partial charge in [-0.05, 0) is 6.07 Å². The summed E-state index contributed by atoms with van der Waals surface area (Å²) in [5.41, 5.74) is -1.18. The second-order valence-corrected chi connectivity index (χ2v) is 3.24. The molecule has 0 saturated carbocycles. The molecule has 0 aliphatic carbocycles. The first-order valence-electron chi connectivity index (χ1n) is 4.52. The van der Waals surface area contributed by atoms with Crippen molar-refractivity contribution in [1.29, 1.82) is 0 Å². The number of carbonyl (C=O) groups is 1. The lowest BCUT2D eigenvalue weighted by molar-refractivity contribution is -0.137. The summed E-state index contributed by atoms with van der Waals surface area (Å²) in [4.78, 5) is 14.3. The van der Waals surface area contributed by atoms with Crippen LogP contribution in [0.1, 0.15) is 12.5 Å². The molecule has 2 rings (SSSR count). The Bertz CT molecular complexity index is 574. The van der Waals surface area contributed by atoms with E-state index in [1.807, 2.05) is 0 Å². The number of ether oxygens (including phenoxy) is 1. The van der Waals surface area contributed by atoms with Gasteiger partial charge in [-0.2, -0.15) is 18.2 Å².